The van der Waals surface area contributed by atoms with Gasteiger partial charge in [0.05, 0.1) is 10.7 Å². The van der Waals surface area contributed by atoms with E-state index in [-0.39, 0.29) is 5.91 Å². The maximum Gasteiger partial charge on any atom is 0.265 e. The van der Waals surface area contributed by atoms with Crippen LogP contribution in [0.2, 0.25) is 5.02 Å². The minimum absolute atomic E-state index is 0.177. The first-order chi connectivity index (χ1) is 10.7. The molecular formula is C17H18ClNO2S. The zero-order valence-electron chi connectivity index (χ0n) is 12.5. The molecule has 22 heavy (non-hydrogen) atoms. The summed E-state index contributed by atoms with van der Waals surface area (Å²) < 4.78 is 5.75. The second-order valence-electron chi connectivity index (χ2n) is 4.63. The second-order valence-corrected chi connectivity index (χ2v) is 5.89. The van der Waals surface area contributed by atoms with Gasteiger partial charge in [-0.2, -0.15) is 0 Å². The molecule has 0 aliphatic carbocycles. The third-order valence-electron chi connectivity index (χ3n) is 3.13. The lowest BCUT2D eigenvalue weighted by Gasteiger charge is -2.18. The van der Waals surface area contributed by atoms with E-state index in [1.54, 1.807) is 23.9 Å². The van der Waals surface area contributed by atoms with Gasteiger partial charge in [0.15, 0.2) is 6.10 Å². The van der Waals surface area contributed by atoms with Gasteiger partial charge >= 0.3 is 0 Å². The monoisotopic (exact) mass is 335 g/mol. The molecule has 0 bridgehead atoms. The maximum atomic E-state index is 12.4. The summed E-state index contributed by atoms with van der Waals surface area (Å²) >= 11 is 7.66. The SMILES string of the molecule is CCC(Oc1ccccc1Cl)C(=O)Nc1ccccc1SC. The van der Waals surface area contributed by atoms with Crippen LogP contribution in [0.5, 0.6) is 5.75 Å². The Morgan fingerprint density at radius 2 is 1.91 bits per heavy atom. The third-order valence-corrected chi connectivity index (χ3v) is 4.24. The second kappa shape index (κ2) is 8.11. The highest BCUT2D eigenvalue weighted by Gasteiger charge is 2.20. The summed E-state index contributed by atoms with van der Waals surface area (Å²) in [6, 6.07) is 14.8. The predicted molar refractivity (Wildman–Crippen MR) is 93.0 cm³/mol. The largest absolute Gasteiger partial charge is 0.479 e. The standard InChI is InChI=1S/C17H18ClNO2S/c1-3-14(21-15-10-6-4-8-12(15)18)17(20)19-13-9-5-7-11-16(13)22-2/h4-11,14H,3H2,1-2H3,(H,19,20). The van der Waals surface area contributed by atoms with Crippen molar-refractivity contribution in [3.63, 3.8) is 0 Å². The Morgan fingerprint density at radius 3 is 2.59 bits per heavy atom. The van der Waals surface area contributed by atoms with Gasteiger partial charge in [-0.15, -0.1) is 11.8 Å². The summed E-state index contributed by atoms with van der Waals surface area (Å²) in [5, 5.41) is 3.42. The van der Waals surface area contributed by atoms with Crippen molar-refractivity contribution in [1.29, 1.82) is 0 Å². The Hall–Kier alpha value is -1.65. The van der Waals surface area contributed by atoms with E-state index in [2.05, 4.69) is 5.32 Å². The lowest BCUT2D eigenvalue weighted by atomic mass is 10.2. The van der Waals surface area contributed by atoms with E-state index in [1.807, 2.05) is 49.6 Å². The lowest BCUT2D eigenvalue weighted by Crippen LogP contribution is -2.32. The Kier molecular flexibility index (Phi) is 6.16. The maximum absolute atomic E-state index is 12.4. The topological polar surface area (TPSA) is 38.3 Å². The van der Waals surface area contributed by atoms with Crippen LogP contribution in [0.1, 0.15) is 13.3 Å². The summed E-state index contributed by atoms with van der Waals surface area (Å²) in [4.78, 5) is 13.5. The molecule has 1 atom stereocenters. The van der Waals surface area contributed by atoms with Crippen molar-refractivity contribution in [3.05, 3.63) is 53.6 Å². The quantitative estimate of drug-likeness (QED) is 0.766. The molecule has 5 heteroatoms. The molecule has 1 N–H and O–H groups in total. The average Bonchev–Trinajstić information content (AvgIpc) is 2.54. The molecular weight excluding hydrogens is 318 g/mol. The van der Waals surface area contributed by atoms with Gasteiger partial charge in [-0.05, 0) is 36.9 Å². The third kappa shape index (κ3) is 4.18. The van der Waals surface area contributed by atoms with E-state index in [0.29, 0.717) is 17.2 Å². The number of nitrogens with one attached hydrogen (secondary N) is 1. The normalized spacial score (nSPS) is 11.8. The molecule has 0 aromatic heterocycles. The summed E-state index contributed by atoms with van der Waals surface area (Å²) in [6.45, 7) is 1.90. The minimum atomic E-state index is -0.588. The Balaban J connectivity index is 2.11. The van der Waals surface area contributed by atoms with Crippen LogP contribution in [0.3, 0.4) is 0 Å². The molecule has 2 aromatic rings. The molecule has 0 heterocycles. The molecule has 2 aromatic carbocycles. The van der Waals surface area contributed by atoms with Crippen LogP contribution in [0.4, 0.5) is 5.69 Å². The van der Waals surface area contributed by atoms with Gasteiger partial charge in [-0.1, -0.05) is 42.8 Å². The molecule has 2 rings (SSSR count). The van der Waals surface area contributed by atoms with Crippen LogP contribution >= 0.6 is 23.4 Å². The number of carbonyl (C=O) groups is 1. The number of rotatable bonds is 6. The summed E-state index contributed by atoms with van der Waals surface area (Å²) in [5.74, 6) is 0.341. The van der Waals surface area contributed by atoms with Crippen LogP contribution in [0, 0.1) is 0 Å². The fourth-order valence-electron chi connectivity index (χ4n) is 1.98. The van der Waals surface area contributed by atoms with E-state index >= 15 is 0 Å². The number of benzene rings is 2. The van der Waals surface area contributed by atoms with Gasteiger partial charge < -0.3 is 10.1 Å². The van der Waals surface area contributed by atoms with Crippen molar-refractivity contribution in [2.75, 3.05) is 11.6 Å². The lowest BCUT2D eigenvalue weighted by molar-refractivity contribution is -0.122. The first kappa shape index (κ1) is 16.7. The van der Waals surface area contributed by atoms with E-state index in [4.69, 9.17) is 16.3 Å². The fourth-order valence-corrected chi connectivity index (χ4v) is 2.71. The van der Waals surface area contributed by atoms with Crippen LogP contribution in [-0.2, 0) is 4.79 Å². The fraction of sp³-hybridized carbons (Fsp3) is 0.235. The number of hydrogen-bond acceptors (Lipinski definition) is 3. The number of hydrogen-bond donors (Lipinski definition) is 1. The Bertz CT molecular complexity index is 648. The number of thioether (sulfide) groups is 1. The first-order valence-electron chi connectivity index (χ1n) is 7.00. The number of carbonyl (C=O) groups excluding carboxylic acids is 1. The van der Waals surface area contributed by atoms with E-state index in [0.717, 1.165) is 10.6 Å². The zero-order valence-corrected chi connectivity index (χ0v) is 14.1. The molecule has 0 fully saturated rings. The number of amides is 1. The van der Waals surface area contributed by atoms with Crippen molar-refractivity contribution in [2.45, 2.75) is 24.3 Å². The van der Waals surface area contributed by atoms with Crippen LogP contribution in [0.15, 0.2) is 53.4 Å². The number of ether oxygens (including phenoxy) is 1. The van der Waals surface area contributed by atoms with Gasteiger partial charge in [-0.3, -0.25) is 4.79 Å². The first-order valence-corrected chi connectivity index (χ1v) is 8.61. The number of halogens is 1. The molecule has 1 unspecified atom stereocenters. The van der Waals surface area contributed by atoms with Crippen molar-refractivity contribution >= 4 is 35.0 Å². The van der Waals surface area contributed by atoms with Crippen molar-refractivity contribution in [3.8, 4) is 5.75 Å². The van der Waals surface area contributed by atoms with Gasteiger partial charge in [-0.25, -0.2) is 0 Å². The average molecular weight is 336 g/mol. The number of para-hydroxylation sites is 2. The van der Waals surface area contributed by atoms with Crippen molar-refractivity contribution in [1.82, 2.24) is 0 Å². The Morgan fingerprint density at radius 1 is 1.23 bits per heavy atom. The molecule has 1 amide bonds. The van der Waals surface area contributed by atoms with Crippen molar-refractivity contribution in [2.24, 2.45) is 0 Å². The summed E-state index contributed by atoms with van der Waals surface area (Å²) in [6.07, 6.45) is 1.94. The Labute approximate surface area is 140 Å². The highest BCUT2D eigenvalue weighted by molar-refractivity contribution is 7.98. The van der Waals surface area contributed by atoms with Gasteiger partial charge in [0.25, 0.3) is 5.91 Å². The molecule has 0 aliphatic heterocycles. The van der Waals surface area contributed by atoms with E-state index in [9.17, 15) is 4.79 Å². The van der Waals surface area contributed by atoms with Crippen LogP contribution in [0.25, 0.3) is 0 Å². The van der Waals surface area contributed by atoms with Crippen LogP contribution < -0.4 is 10.1 Å². The van der Waals surface area contributed by atoms with E-state index < -0.39 is 6.10 Å². The molecule has 0 aliphatic rings. The zero-order chi connectivity index (χ0) is 15.9. The van der Waals surface area contributed by atoms with Gasteiger partial charge in [0.2, 0.25) is 0 Å². The molecule has 0 radical (unpaired) electrons. The minimum Gasteiger partial charge on any atom is -0.479 e. The highest BCUT2D eigenvalue weighted by Crippen LogP contribution is 2.27. The van der Waals surface area contributed by atoms with Gasteiger partial charge in [0.1, 0.15) is 5.75 Å². The number of anilines is 1. The predicted octanol–water partition coefficient (Wildman–Crippen LogP) is 4.86. The summed E-state index contributed by atoms with van der Waals surface area (Å²) in [7, 11) is 0. The molecule has 116 valence electrons. The highest BCUT2D eigenvalue weighted by atomic mass is 35.5. The van der Waals surface area contributed by atoms with Gasteiger partial charge in [0, 0.05) is 4.90 Å². The molecule has 0 spiro atoms. The summed E-state index contributed by atoms with van der Waals surface area (Å²) in [5.41, 5.74) is 0.793. The van der Waals surface area contributed by atoms with E-state index in [1.165, 1.54) is 0 Å². The van der Waals surface area contributed by atoms with Crippen LogP contribution in [-0.4, -0.2) is 18.3 Å². The smallest absolute Gasteiger partial charge is 0.265 e. The molecule has 3 nitrogen and oxygen atoms in total. The molecule has 0 saturated heterocycles. The van der Waals surface area contributed by atoms with Crippen molar-refractivity contribution < 1.29 is 9.53 Å². The molecule has 0 saturated carbocycles.